The summed E-state index contributed by atoms with van der Waals surface area (Å²) in [5.41, 5.74) is 7.96. The Morgan fingerprint density at radius 1 is 1.47 bits per heavy atom. The van der Waals surface area contributed by atoms with E-state index >= 15 is 0 Å². The number of rotatable bonds is 4. The molecule has 0 aliphatic rings. The summed E-state index contributed by atoms with van der Waals surface area (Å²) in [5.74, 6) is 0.186. The minimum Gasteiger partial charge on any atom is -0.465 e. The second kappa shape index (κ2) is 5.57. The molecule has 0 spiro atoms. The van der Waals surface area contributed by atoms with Crippen molar-refractivity contribution in [1.82, 2.24) is 0 Å². The lowest BCUT2D eigenvalue weighted by molar-refractivity contribution is 0.0601. The molecule has 4 heteroatoms. The number of nitrogens with zero attached hydrogens (tertiary/aromatic N) is 1. The van der Waals surface area contributed by atoms with E-state index in [1.165, 1.54) is 7.11 Å². The molecular weight excluding hydrogens is 216 g/mol. The van der Waals surface area contributed by atoms with E-state index in [9.17, 15) is 4.79 Å². The lowest BCUT2D eigenvalue weighted by atomic mass is 10.1. The number of carbonyl (C=O) groups excluding carboxylic acids is 1. The Morgan fingerprint density at radius 3 is 2.65 bits per heavy atom. The number of nitrogens with two attached hydrogens (primary N) is 1. The molecule has 0 aliphatic heterocycles. The van der Waals surface area contributed by atoms with E-state index in [2.05, 4.69) is 13.8 Å². The van der Waals surface area contributed by atoms with Gasteiger partial charge in [0.25, 0.3) is 0 Å². The highest BCUT2D eigenvalue weighted by Crippen LogP contribution is 2.24. The second-order valence-electron chi connectivity index (χ2n) is 4.54. The fourth-order valence-corrected chi connectivity index (χ4v) is 1.77. The van der Waals surface area contributed by atoms with Crippen LogP contribution in [0.2, 0.25) is 0 Å². The van der Waals surface area contributed by atoms with E-state index in [-0.39, 0.29) is 5.97 Å². The van der Waals surface area contributed by atoms with Crippen molar-refractivity contribution in [1.29, 1.82) is 0 Å². The minimum atomic E-state index is -0.343. The Labute approximate surface area is 102 Å². The standard InChI is InChI=1S/C13H20N2O2/c1-9(2)8-15(3)12-7-10(13(16)17-4)5-6-11(12)14/h5-7,9H,8,14H2,1-4H3. The van der Waals surface area contributed by atoms with Gasteiger partial charge >= 0.3 is 5.97 Å². The first-order valence-electron chi connectivity index (χ1n) is 5.64. The van der Waals surface area contributed by atoms with Crippen LogP contribution in [0.4, 0.5) is 11.4 Å². The summed E-state index contributed by atoms with van der Waals surface area (Å²) in [5, 5.41) is 0. The first-order chi connectivity index (χ1) is 7.95. The van der Waals surface area contributed by atoms with Gasteiger partial charge in [0, 0.05) is 13.6 Å². The van der Waals surface area contributed by atoms with Crippen molar-refractivity contribution in [3.8, 4) is 0 Å². The minimum absolute atomic E-state index is 0.343. The van der Waals surface area contributed by atoms with Gasteiger partial charge < -0.3 is 15.4 Å². The molecule has 0 radical (unpaired) electrons. The van der Waals surface area contributed by atoms with Gasteiger partial charge in [0.05, 0.1) is 24.0 Å². The number of esters is 1. The molecule has 2 N–H and O–H groups in total. The molecule has 0 heterocycles. The fraction of sp³-hybridized carbons (Fsp3) is 0.462. The zero-order valence-corrected chi connectivity index (χ0v) is 10.9. The average molecular weight is 236 g/mol. The largest absolute Gasteiger partial charge is 0.465 e. The lowest BCUT2D eigenvalue weighted by Gasteiger charge is -2.23. The van der Waals surface area contributed by atoms with Crippen molar-refractivity contribution in [3.05, 3.63) is 23.8 Å². The zero-order chi connectivity index (χ0) is 13.0. The van der Waals surface area contributed by atoms with Crippen LogP contribution in [-0.4, -0.2) is 26.7 Å². The monoisotopic (exact) mass is 236 g/mol. The van der Waals surface area contributed by atoms with Crippen molar-refractivity contribution in [3.63, 3.8) is 0 Å². The van der Waals surface area contributed by atoms with Gasteiger partial charge in [0.15, 0.2) is 0 Å². The maximum absolute atomic E-state index is 11.4. The number of nitrogen functional groups attached to an aromatic ring is 1. The van der Waals surface area contributed by atoms with E-state index in [0.29, 0.717) is 17.2 Å². The van der Waals surface area contributed by atoms with E-state index in [4.69, 9.17) is 10.5 Å². The Hall–Kier alpha value is -1.71. The van der Waals surface area contributed by atoms with Gasteiger partial charge in [-0.1, -0.05) is 13.8 Å². The third-order valence-corrected chi connectivity index (χ3v) is 2.50. The zero-order valence-electron chi connectivity index (χ0n) is 10.9. The summed E-state index contributed by atoms with van der Waals surface area (Å²) in [4.78, 5) is 13.5. The Balaban J connectivity index is 3.01. The van der Waals surface area contributed by atoms with Crippen molar-refractivity contribution < 1.29 is 9.53 Å². The van der Waals surface area contributed by atoms with Gasteiger partial charge in [-0.3, -0.25) is 0 Å². The van der Waals surface area contributed by atoms with E-state index in [1.54, 1.807) is 18.2 Å². The van der Waals surface area contributed by atoms with E-state index < -0.39 is 0 Å². The molecule has 0 amide bonds. The molecule has 0 atom stereocenters. The average Bonchev–Trinajstić information content (AvgIpc) is 2.27. The summed E-state index contributed by atoms with van der Waals surface area (Å²) in [6.07, 6.45) is 0. The van der Waals surface area contributed by atoms with Crippen LogP contribution >= 0.6 is 0 Å². The maximum Gasteiger partial charge on any atom is 0.337 e. The SMILES string of the molecule is COC(=O)c1ccc(N)c(N(C)CC(C)C)c1. The number of hydrogen-bond donors (Lipinski definition) is 1. The Kier molecular flexibility index (Phi) is 4.37. The van der Waals surface area contributed by atoms with Gasteiger partial charge in [-0.05, 0) is 24.1 Å². The predicted molar refractivity (Wildman–Crippen MR) is 70.3 cm³/mol. The lowest BCUT2D eigenvalue weighted by Crippen LogP contribution is -2.23. The van der Waals surface area contributed by atoms with E-state index in [1.807, 2.05) is 11.9 Å². The number of carbonyl (C=O) groups is 1. The quantitative estimate of drug-likeness (QED) is 0.643. The first-order valence-corrected chi connectivity index (χ1v) is 5.64. The fourth-order valence-electron chi connectivity index (χ4n) is 1.77. The normalized spacial score (nSPS) is 10.4. The molecule has 0 aliphatic carbocycles. The van der Waals surface area contributed by atoms with Gasteiger partial charge in [0.1, 0.15) is 0 Å². The summed E-state index contributed by atoms with van der Waals surface area (Å²) >= 11 is 0. The third kappa shape index (κ3) is 3.37. The molecule has 0 bridgehead atoms. The number of hydrogen-bond acceptors (Lipinski definition) is 4. The molecule has 0 unspecified atom stereocenters. The summed E-state index contributed by atoms with van der Waals surface area (Å²) in [7, 11) is 3.34. The van der Waals surface area contributed by atoms with Crippen LogP contribution in [0.25, 0.3) is 0 Å². The third-order valence-electron chi connectivity index (χ3n) is 2.50. The number of methoxy groups -OCH3 is 1. The van der Waals surface area contributed by atoms with Crippen LogP contribution in [0.15, 0.2) is 18.2 Å². The topological polar surface area (TPSA) is 55.6 Å². The van der Waals surface area contributed by atoms with Crippen molar-refractivity contribution in [2.75, 3.05) is 31.3 Å². The molecule has 1 aromatic carbocycles. The molecular formula is C13H20N2O2. The molecule has 4 nitrogen and oxygen atoms in total. The molecule has 0 fully saturated rings. The van der Waals surface area contributed by atoms with Crippen molar-refractivity contribution in [2.45, 2.75) is 13.8 Å². The highest BCUT2D eigenvalue weighted by Gasteiger charge is 2.12. The molecule has 0 aromatic heterocycles. The Bertz CT molecular complexity index is 402. The van der Waals surface area contributed by atoms with Crippen LogP contribution < -0.4 is 10.6 Å². The maximum atomic E-state index is 11.4. The highest BCUT2D eigenvalue weighted by atomic mass is 16.5. The summed E-state index contributed by atoms with van der Waals surface area (Å²) < 4.78 is 4.69. The molecule has 0 saturated carbocycles. The van der Waals surface area contributed by atoms with Crippen LogP contribution in [-0.2, 0) is 4.74 Å². The van der Waals surface area contributed by atoms with Gasteiger partial charge in [-0.25, -0.2) is 4.79 Å². The summed E-state index contributed by atoms with van der Waals surface area (Å²) in [6.45, 7) is 5.16. The van der Waals surface area contributed by atoms with Crippen molar-refractivity contribution >= 4 is 17.3 Å². The van der Waals surface area contributed by atoms with Gasteiger partial charge in [-0.2, -0.15) is 0 Å². The number of ether oxygens (including phenoxy) is 1. The van der Waals surface area contributed by atoms with Crippen LogP contribution in [0.3, 0.4) is 0 Å². The molecule has 1 rings (SSSR count). The molecule has 94 valence electrons. The van der Waals surface area contributed by atoms with E-state index in [0.717, 1.165) is 12.2 Å². The van der Waals surface area contributed by atoms with Gasteiger partial charge in [-0.15, -0.1) is 0 Å². The highest BCUT2D eigenvalue weighted by molar-refractivity contribution is 5.92. The molecule has 1 aromatic rings. The number of benzene rings is 1. The molecule has 0 saturated heterocycles. The van der Waals surface area contributed by atoms with Crippen molar-refractivity contribution in [2.24, 2.45) is 5.92 Å². The predicted octanol–water partition coefficient (Wildman–Crippen LogP) is 2.15. The van der Waals surface area contributed by atoms with Crippen LogP contribution in [0, 0.1) is 5.92 Å². The molecule has 17 heavy (non-hydrogen) atoms. The summed E-state index contributed by atoms with van der Waals surface area (Å²) in [6, 6.07) is 5.18. The van der Waals surface area contributed by atoms with Crippen LogP contribution in [0.5, 0.6) is 0 Å². The second-order valence-corrected chi connectivity index (χ2v) is 4.54. The smallest absolute Gasteiger partial charge is 0.337 e. The van der Waals surface area contributed by atoms with Gasteiger partial charge in [0.2, 0.25) is 0 Å². The number of anilines is 2. The van der Waals surface area contributed by atoms with Crippen LogP contribution in [0.1, 0.15) is 24.2 Å². The first kappa shape index (κ1) is 13.4. The Morgan fingerprint density at radius 2 is 2.12 bits per heavy atom.